The fraction of sp³-hybridized carbons (Fsp3) is 0.364. The van der Waals surface area contributed by atoms with Crippen molar-refractivity contribution in [3.05, 3.63) is 64.6 Å². The first-order valence-corrected chi connectivity index (χ1v) is 9.99. The molecule has 0 saturated heterocycles. The quantitative estimate of drug-likeness (QED) is 0.694. The first kappa shape index (κ1) is 22.0. The van der Waals surface area contributed by atoms with Gasteiger partial charge in [-0.1, -0.05) is 46.3 Å². The minimum absolute atomic E-state index is 0.137. The Morgan fingerprint density at radius 3 is 2.25 bits per heavy atom. The highest BCUT2D eigenvalue weighted by atomic mass is 79.9. The summed E-state index contributed by atoms with van der Waals surface area (Å²) in [4.78, 5) is 27.1. The summed E-state index contributed by atoms with van der Waals surface area (Å²) < 4.78 is 6.56. The topological polar surface area (TPSA) is 58.6 Å². The van der Waals surface area contributed by atoms with Gasteiger partial charge in [0.1, 0.15) is 11.8 Å². The molecule has 2 aromatic rings. The molecule has 0 aliphatic rings. The third-order valence-corrected chi connectivity index (χ3v) is 4.57. The van der Waals surface area contributed by atoms with Gasteiger partial charge >= 0.3 is 0 Å². The summed E-state index contributed by atoms with van der Waals surface area (Å²) in [6.45, 7) is 7.68. The summed E-state index contributed by atoms with van der Waals surface area (Å²) in [7, 11) is 0. The molecule has 2 aromatic carbocycles. The van der Waals surface area contributed by atoms with Crippen molar-refractivity contribution < 1.29 is 14.3 Å². The van der Waals surface area contributed by atoms with Crippen molar-refractivity contribution >= 4 is 27.7 Å². The first-order valence-electron chi connectivity index (χ1n) is 9.19. The number of nitrogens with zero attached hydrogens (tertiary/aromatic N) is 1. The van der Waals surface area contributed by atoms with Crippen LogP contribution in [0.3, 0.4) is 0 Å². The second kappa shape index (κ2) is 9.73. The van der Waals surface area contributed by atoms with Crippen LogP contribution in [-0.4, -0.2) is 34.9 Å². The minimum Gasteiger partial charge on any atom is -0.484 e. The van der Waals surface area contributed by atoms with Gasteiger partial charge in [0, 0.05) is 16.6 Å². The highest BCUT2D eigenvalue weighted by molar-refractivity contribution is 9.10. The summed E-state index contributed by atoms with van der Waals surface area (Å²) in [5.41, 5.74) is 0.579. The van der Waals surface area contributed by atoms with Crippen LogP contribution in [0.1, 0.15) is 33.3 Å². The van der Waals surface area contributed by atoms with E-state index in [1.54, 1.807) is 24.0 Å². The molecule has 150 valence electrons. The van der Waals surface area contributed by atoms with Gasteiger partial charge in [0.2, 0.25) is 5.91 Å². The maximum atomic E-state index is 12.9. The van der Waals surface area contributed by atoms with Gasteiger partial charge in [-0.25, -0.2) is 0 Å². The van der Waals surface area contributed by atoms with E-state index in [-0.39, 0.29) is 24.0 Å². The number of amides is 2. The molecule has 2 rings (SSSR count). The Hall–Kier alpha value is -2.34. The SMILES string of the molecule is CC(C(=O)NC(C)(C)C)N(Cc1ccccc1)C(=O)COc1ccc(Br)cc1. The van der Waals surface area contributed by atoms with Crippen molar-refractivity contribution in [3.8, 4) is 5.75 Å². The zero-order chi connectivity index (χ0) is 20.7. The van der Waals surface area contributed by atoms with Gasteiger partial charge in [-0.15, -0.1) is 0 Å². The molecule has 1 N–H and O–H groups in total. The van der Waals surface area contributed by atoms with E-state index in [1.165, 1.54) is 0 Å². The van der Waals surface area contributed by atoms with Crippen LogP contribution in [0.15, 0.2) is 59.1 Å². The third kappa shape index (κ3) is 7.00. The number of ether oxygens (including phenoxy) is 1. The fourth-order valence-corrected chi connectivity index (χ4v) is 2.86. The lowest BCUT2D eigenvalue weighted by molar-refractivity contribution is -0.142. The van der Waals surface area contributed by atoms with Crippen molar-refractivity contribution in [3.63, 3.8) is 0 Å². The Balaban J connectivity index is 2.12. The lowest BCUT2D eigenvalue weighted by atomic mass is 10.1. The number of carbonyl (C=O) groups excluding carboxylic acids is 2. The van der Waals surface area contributed by atoms with Gasteiger partial charge < -0.3 is 15.0 Å². The number of hydrogen-bond acceptors (Lipinski definition) is 3. The standard InChI is InChI=1S/C22H27BrN2O3/c1-16(21(27)24-22(2,3)4)25(14-17-8-6-5-7-9-17)20(26)15-28-19-12-10-18(23)11-13-19/h5-13,16H,14-15H2,1-4H3,(H,24,27). The van der Waals surface area contributed by atoms with Crippen LogP contribution in [0.5, 0.6) is 5.75 Å². The molecule has 1 atom stereocenters. The van der Waals surface area contributed by atoms with Crippen LogP contribution in [0.25, 0.3) is 0 Å². The zero-order valence-corrected chi connectivity index (χ0v) is 18.3. The van der Waals surface area contributed by atoms with Crippen LogP contribution in [-0.2, 0) is 16.1 Å². The monoisotopic (exact) mass is 446 g/mol. The second-order valence-corrected chi connectivity index (χ2v) is 8.58. The molecule has 0 fully saturated rings. The van der Waals surface area contributed by atoms with E-state index in [2.05, 4.69) is 21.2 Å². The maximum absolute atomic E-state index is 12.9. The molecule has 0 aromatic heterocycles. The van der Waals surface area contributed by atoms with E-state index in [0.29, 0.717) is 12.3 Å². The lowest BCUT2D eigenvalue weighted by Crippen LogP contribution is -2.53. The van der Waals surface area contributed by atoms with Crippen LogP contribution in [0, 0.1) is 0 Å². The molecule has 0 aliphatic heterocycles. The molecule has 28 heavy (non-hydrogen) atoms. The largest absolute Gasteiger partial charge is 0.484 e. The number of benzene rings is 2. The highest BCUT2D eigenvalue weighted by Gasteiger charge is 2.28. The van der Waals surface area contributed by atoms with E-state index < -0.39 is 6.04 Å². The van der Waals surface area contributed by atoms with Crippen LogP contribution < -0.4 is 10.1 Å². The van der Waals surface area contributed by atoms with E-state index in [1.807, 2.05) is 63.2 Å². The Labute approximate surface area is 175 Å². The number of hydrogen-bond donors (Lipinski definition) is 1. The normalized spacial score (nSPS) is 12.2. The van der Waals surface area contributed by atoms with Crippen LogP contribution in [0.4, 0.5) is 0 Å². The van der Waals surface area contributed by atoms with Gasteiger partial charge in [0.05, 0.1) is 0 Å². The summed E-state index contributed by atoms with van der Waals surface area (Å²) in [5, 5.41) is 2.94. The van der Waals surface area contributed by atoms with Gasteiger partial charge in [0.15, 0.2) is 6.61 Å². The summed E-state index contributed by atoms with van der Waals surface area (Å²) in [5.74, 6) is 0.159. The Morgan fingerprint density at radius 2 is 1.68 bits per heavy atom. The van der Waals surface area contributed by atoms with Crippen molar-refractivity contribution in [2.45, 2.75) is 45.8 Å². The van der Waals surface area contributed by atoms with Gasteiger partial charge in [-0.2, -0.15) is 0 Å². The third-order valence-electron chi connectivity index (χ3n) is 4.04. The van der Waals surface area contributed by atoms with Crippen LogP contribution in [0.2, 0.25) is 0 Å². The number of nitrogens with one attached hydrogen (secondary N) is 1. The van der Waals surface area contributed by atoms with Gasteiger partial charge in [-0.3, -0.25) is 9.59 Å². The van der Waals surface area contributed by atoms with Gasteiger partial charge in [-0.05, 0) is 57.5 Å². The molecule has 5 nitrogen and oxygen atoms in total. The zero-order valence-electron chi connectivity index (χ0n) is 16.7. The van der Waals surface area contributed by atoms with Gasteiger partial charge in [0.25, 0.3) is 5.91 Å². The predicted molar refractivity (Wildman–Crippen MR) is 114 cm³/mol. The second-order valence-electron chi connectivity index (χ2n) is 7.67. The van der Waals surface area contributed by atoms with E-state index in [9.17, 15) is 9.59 Å². The molecule has 2 amide bonds. The average Bonchev–Trinajstić information content (AvgIpc) is 2.64. The number of rotatable bonds is 7. The van der Waals surface area contributed by atoms with E-state index in [0.717, 1.165) is 10.0 Å². The Kier molecular flexibility index (Phi) is 7.63. The van der Waals surface area contributed by atoms with E-state index in [4.69, 9.17) is 4.74 Å². The summed E-state index contributed by atoms with van der Waals surface area (Å²) in [6.07, 6.45) is 0. The molecular formula is C22H27BrN2O3. The maximum Gasteiger partial charge on any atom is 0.261 e. The minimum atomic E-state index is -0.625. The van der Waals surface area contributed by atoms with E-state index >= 15 is 0 Å². The molecular weight excluding hydrogens is 420 g/mol. The molecule has 1 unspecified atom stereocenters. The van der Waals surface area contributed by atoms with Crippen molar-refractivity contribution in [1.82, 2.24) is 10.2 Å². The molecule has 0 radical (unpaired) electrons. The highest BCUT2D eigenvalue weighted by Crippen LogP contribution is 2.17. The number of halogens is 1. The summed E-state index contributed by atoms with van der Waals surface area (Å²) >= 11 is 3.37. The lowest BCUT2D eigenvalue weighted by Gasteiger charge is -2.31. The Morgan fingerprint density at radius 1 is 1.07 bits per heavy atom. The Bertz CT molecular complexity index is 786. The molecule has 0 aliphatic carbocycles. The van der Waals surface area contributed by atoms with Crippen molar-refractivity contribution in [2.75, 3.05) is 6.61 Å². The predicted octanol–water partition coefficient (Wildman–Crippen LogP) is 4.16. The molecule has 0 saturated carbocycles. The average molecular weight is 447 g/mol. The van der Waals surface area contributed by atoms with Crippen molar-refractivity contribution in [1.29, 1.82) is 0 Å². The molecule has 0 bridgehead atoms. The molecule has 0 spiro atoms. The smallest absolute Gasteiger partial charge is 0.261 e. The molecule has 6 heteroatoms. The van der Waals surface area contributed by atoms with Crippen molar-refractivity contribution in [2.24, 2.45) is 0 Å². The molecule has 0 heterocycles. The van der Waals surface area contributed by atoms with Crippen LogP contribution >= 0.6 is 15.9 Å². The first-order chi connectivity index (χ1) is 13.2. The summed E-state index contributed by atoms with van der Waals surface area (Å²) in [6, 6.07) is 16.3. The number of carbonyl (C=O) groups is 2. The fourth-order valence-electron chi connectivity index (χ4n) is 2.60.